The van der Waals surface area contributed by atoms with Crippen LogP contribution < -0.4 is 10.7 Å². The third-order valence-electron chi connectivity index (χ3n) is 3.58. The van der Waals surface area contributed by atoms with E-state index in [1.807, 2.05) is 31.2 Å². The molecule has 0 aliphatic heterocycles. The first-order chi connectivity index (χ1) is 10.7. The highest BCUT2D eigenvalue weighted by Gasteiger charge is 2.13. The van der Waals surface area contributed by atoms with E-state index < -0.39 is 0 Å². The van der Waals surface area contributed by atoms with Crippen LogP contribution in [0.3, 0.4) is 0 Å². The van der Waals surface area contributed by atoms with Crippen molar-refractivity contribution >= 4 is 22.6 Å². The second kappa shape index (κ2) is 6.02. The third kappa shape index (κ3) is 2.86. The monoisotopic (exact) mass is 295 g/mol. The summed E-state index contributed by atoms with van der Waals surface area (Å²) < 4.78 is 5.82. The SMILES string of the molecule is CCCC(=O)Nc1ccc2oc(C3C=CC=C3)cc(=O)c2c1. The fourth-order valence-corrected chi connectivity index (χ4v) is 2.49. The van der Waals surface area contributed by atoms with Gasteiger partial charge in [0, 0.05) is 18.2 Å². The summed E-state index contributed by atoms with van der Waals surface area (Å²) in [5, 5.41) is 3.27. The molecule has 112 valence electrons. The van der Waals surface area contributed by atoms with Crippen LogP contribution in [0.5, 0.6) is 0 Å². The normalized spacial score (nSPS) is 13.9. The topological polar surface area (TPSA) is 59.3 Å². The van der Waals surface area contributed by atoms with E-state index in [0.717, 1.165) is 6.42 Å². The van der Waals surface area contributed by atoms with Crippen molar-refractivity contribution in [3.05, 3.63) is 64.6 Å². The first kappa shape index (κ1) is 14.3. The fraction of sp³-hybridized carbons (Fsp3) is 0.222. The molecule has 0 saturated heterocycles. The number of nitrogens with one attached hydrogen (secondary N) is 1. The van der Waals surface area contributed by atoms with E-state index in [1.165, 1.54) is 6.07 Å². The van der Waals surface area contributed by atoms with Crippen LogP contribution in [0.15, 0.2) is 57.8 Å². The van der Waals surface area contributed by atoms with Crippen molar-refractivity contribution in [2.24, 2.45) is 0 Å². The van der Waals surface area contributed by atoms with E-state index >= 15 is 0 Å². The number of benzene rings is 1. The van der Waals surface area contributed by atoms with E-state index in [1.54, 1.807) is 18.2 Å². The van der Waals surface area contributed by atoms with Crippen molar-refractivity contribution in [2.75, 3.05) is 5.32 Å². The van der Waals surface area contributed by atoms with Gasteiger partial charge in [-0.25, -0.2) is 0 Å². The molecule has 1 N–H and O–H groups in total. The zero-order valence-corrected chi connectivity index (χ0v) is 12.3. The van der Waals surface area contributed by atoms with Crippen molar-refractivity contribution in [2.45, 2.75) is 25.7 Å². The van der Waals surface area contributed by atoms with Crippen molar-refractivity contribution in [1.82, 2.24) is 0 Å². The van der Waals surface area contributed by atoms with Gasteiger partial charge in [-0.05, 0) is 24.6 Å². The summed E-state index contributed by atoms with van der Waals surface area (Å²) >= 11 is 0. The summed E-state index contributed by atoms with van der Waals surface area (Å²) in [7, 11) is 0. The molecule has 1 heterocycles. The standard InChI is InChI=1S/C18H17NO3/c1-2-5-18(21)19-13-8-9-16-14(10-13)15(20)11-17(22-16)12-6-3-4-7-12/h3-4,6-12H,2,5H2,1H3,(H,19,21). The lowest BCUT2D eigenvalue weighted by Gasteiger charge is -2.08. The van der Waals surface area contributed by atoms with Gasteiger partial charge in [-0.15, -0.1) is 0 Å². The molecule has 0 spiro atoms. The smallest absolute Gasteiger partial charge is 0.224 e. The first-order valence-corrected chi connectivity index (χ1v) is 7.40. The van der Waals surface area contributed by atoms with Crippen molar-refractivity contribution < 1.29 is 9.21 Å². The highest BCUT2D eigenvalue weighted by atomic mass is 16.3. The lowest BCUT2D eigenvalue weighted by molar-refractivity contribution is -0.116. The molecule has 0 fully saturated rings. The highest BCUT2D eigenvalue weighted by Crippen LogP contribution is 2.25. The molecule has 1 aliphatic rings. The van der Waals surface area contributed by atoms with Gasteiger partial charge in [-0.3, -0.25) is 9.59 Å². The van der Waals surface area contributed by atoms with Crippen LogP contribution in [0, 0.1) is 0 Å². The molecule has 1 aliphatic carbocycles. The Hall–Kier alpha value is -2.62. The average molecular weight is 295 g/mol. The van der Waals surface area contributed by atoms with Crippen LogP contribution in [0.4, 0.5) is 5.69 Å². The Kier molecular flexibility index (Phi) is 3.92. The number of allylic oxidation sites excluding steroid dienone is 4. The number of carbonyl (C=O) groups is 1. The van der Waals surface area contributed by atoms with Gasteiger partial charge in [0.05, 0.1) is 11.3 Å². The summed E-state index contributed by atoms with van der Waals surface area (Å²) in [6.07, 6.45) is 9.06. The van der Waals surface area contributed by atoms with Gasteiger partial charge in [0.15, 0.2) is 5.43 Å². The Labute approximate surface area is 128 Å². The van der Waals surface area contributed by atoms with Gasteiger partial charge in [-0.2, -0.15) is 0 Å². The first-order valence-electron chi connectivity index (χ1n) is 7.40. The highest BCUT2D eigenvalue weighted by molar-refractivity contribution is 5.93. The zero-order chi connectivity index (χ0) is 15.5. The predicted molar refractivity (Wildman–Crippen MR) is 87.0 cm³/mol. The van der Waals surface area contributed by atoms with Crippen LogP contribution in [0.2, 0.25) is 0 Å². The Bertz CT molecular complexity index is 818. The number of rotatable bonds is 4. The minimum absolute atomic E-state index is 0.0148. The van der Waals surface area contributed by atoms with Gasteiger partial charge < -0.3 is 9.73 Å². The van der Waals surface area contributed by atoms with E-state index in [0.29, 0.717) is 28.8 Å². The van der Waals surface area contributed by atoms with Gasteiger partial charge in [0.25, 0.3) is 0 Å². The van der Waals surface area contributed by atoms with Gasteiger partial charge in [0.1, 0.15) is 11.3 Å². The molecule has 3 rings (SSSR count). The molecule has 0 bridgehead atoms. The zero-order valence-electron chi connectivity index (χ0n) is 12.3. The molecular weight excluding hydrogens is 278 g/mol. The maximum absolute atomic E-state index is 12.3. The Morgan fingerprint density at radius 1 is 1.23 bits per heavy atom. The molecule has 1 aromatic heterocycles. The number of hydrogen-bond acceptors (Lipinski definition) is 3. The van der Waals surface area contributed by atoms with Crippen LogP contribution >= 0.6 is 0 Å². The summed E-state index contributed by atoms with van der Waals surface area (Å²) in [5.41, 5.74) is 1.05. The maximum Gasteiger partial charge on any atom is 0.224 e. The number of fused-ring (bicyclic) bond motifs is 1. The maximum atomic E-state index is 12.3. The Morgan fingerprint density at radius 2 is 2.00 bits per heavy atom. The lowest BCUT2D eigenvalue weighted by atomic mass is 10.1. The molecular formula is C18H17NO3. The summed E-state index contributed by atoms with van der Waals surface area (Å²) in [4.78, 5) is 23.9. The molecule has 0 radical (unpaired) electrons. The summed E-state index contributed by atoms with van der Waals surface area (Å²) in [6, 6.07) is 6.66. The molecule has 22 heavy (non-hydrogen) atoms. The Balaban J connectivity index is 1.96. The summed E-state index contributed by atoms with van der Waals surface area (Å²) in [5.74, 6) is 0.593. The summed E-state index contributed by atoms with van der Waals surface area (Å²) in [6.45, 7) is 1.95. The largest absolute Gasteiger partial charge is 0.460 e. The number of hydrogen-bond donors (Lipinski definition) is 1. The molecule has 0 saturated carbocycles. The van der Waals surface area contributed by atoms with Crippen molar-refractivity contribution in [3.8, 4) is 0 Å². The second-order valence-electron chi connectivity index (χ2n) is 5.32. The minimum Gasteiger partial charge on any atom is -0.460 e. The molecule has 4 nitrogen and oxygen atoms in total. The van der Waals surface area contributed by atoms with E-state index in [4.69, 9.17) is 4.42 Å². The third-order valence-corrected chi connectivity index (χ3v) is 3.58. The minimum atomic E-state index is -0.100. The molecule has 0 atom stereocenters. The fourth-order valence-electron chi connectivity index (χ4n) is 2.49. The molecule has 4 heteroatoms. The van der Waals surface area contributed by atoms with Gasteiger partial charge in [0.2, 0.25) is 5.91 Å². The second-order valence-corrected chi connectivity index (χ2v) is 5.32. The van der Waals surface area contributed by atoms with E-state index in [9.17, 15) is 9.59 Å². The van der Waals surface area contributed by atoms with Crippen LogP contribution in [-0.4, -0.2) is 5.91 Å². The average Bonchev–Trinajstić information content (AvgIpc) is 3.02. The van der Waals surface area contributed by atoms with E-state index in [-0.39, 0.29) is 17.3 Å². The Morgan fingerprint density at radius 3 is 2.73 bits per heavy atom. The van der Waals surface area contributed by atoms with E-state index in [2.05, 4.69) is 5.32 Å². The predicted octanol–water partition coefficient (Wildman–Crippen LogP) is 3.74. The molecule has 0 unspecified atom stereocenters. The lowest BCUT2D eigenvalue weighted by Crippen LogP contribution is -2.11. The number of anilines is 1. The number of amides is 1. The van der Waals surface area contributed by atoms with Crippen molar-refractivity contribution in [3.63, 3.8) is 0 Å². The van der Waals surface area contributed by atoms with Crippen LogP contribution in [0.25, 0.3) is 11.0 Å². The molecule has 2 aromatic rings. The van der Waals surface area contributed by atoms with Gasteiger partial charge in [-0.1, -0.05) is 31.2 Å². The quantitative estimate of drug-likeness (QED) is 0.934. The van der Waals surface area contributed by atoms with Crippen molar-refractivity contribution in [1.29, 1.82) is 0 Å². The number of carbonyl (C=O) groups excluding carboxylic acids is 1. The van der Waals surface area contributed by atoms with Crippen LogP contribution in [0.1, 0.15) is 31.4 Å². The molecule has 1 aromatic carbocycles. The molecule has 1 amide bonds. The van der Waals surface area contributed by atoms with Gasteiger partial charge >= 0.3 is 0 Å². The van der Waals surface area contributed by atoms with Crippen LogP contribution in [-0.2, 0) is 4.79 Å².